The Labute approximate surface area is 101 Å². The molecule has 0 spiro atoms. The van der Waals surface area contributed by atoms with Crippen LogP contribution in [0.2, 0.25) is 0 Å². The normalized spacial score (nSPS) is 25.2. The molecule has 1 saturated heterocycles. The monoisotopic (exact) mass is 265 g/mol. The van der Waals surface area contributed by atoms with Crippen molar-refractivity contribution in [3.8, 4) is 0 Å². The molecule has 0 aromatic heterocycles. The van der Waals surface area contributed by atoms with E-state index < -0.39 is 29.8 Å². The Kier molecular flexibility index (Phi) is 3.56. The summed E-state index contributed by atoms with van der Waals surface area (Å²) in [4.78, 5) is 0. The minimum Gasteiger partial charge on any atom is -0.309 e. The van der Waals surface area contributed by atoms with E-state index in [9.17, 15) is 22.0 Å². The van der Waals surface area contributed by atoms with Crippen molar-refractivity contribution >= 4 is 0 Å². The standard InChI is InChI=1S/C12H12F5N/c13-9-4-3-7(6-10(9)14)11-8(12(15,16)17)2-1-5-18-11/h3-4,6,8,11,18H,1-2,5H2. The molecule has 0 radical (unpaired) electrons. The smallest absolute Gasteiger partial charge is 0.309 e. The van der Waals surface area contributed by atoms with Gasteiger partial charge in [0.2, 0.25) is 0 Å². The van der Waals surface area contributed by atoms with E-state index in [2.05, 4.69) is 5.32 Å². The molecule has 0 amide bonds. The highest BCUT2D eigenvalue weighted by Crippen LogP contribution is 2.41. The molecule has 2 atom stereocenters. The van der Waals surface area contributed by atoms with Crippen LogP contribution in [0.3, 0.4) is 0 Å². The second kappa shape index (κ2) is 4.84. The first-order valence-corrected chi connectivity index (χ1v) is 5.64. The highest BCUT2D eigenvalue weighted by atomic mass is 19.4. The fourth-order valence-electron chi connectivity index (χ4n) is 2.30. The molecule has 1 aliphatic rings. The second-order valence-electron chi connectivity index (χ2n) is 4.40. The quantitative estimate of drug-likeness (QED) is 0.765. The summed E-state index contributed by atoms with van der Waals surface area (Å²) >= 11 is 0. The molecule has 2 rings (SSSR count). The second-order valence-corrected chi connectivity index (χ2v) is 4.40. The van der Waals surface area contributed by atoms with Crippen LogP contribution >= 0.6 is 0 Å². The van der Waals surface area contributed by atoms with E-state index >= 15 is 0 Å². The van der Waals surface area contributed by atoms with Gasteiger partial charge in [-0.25, -0.2) is 8.78 Å². The van der Waals surface area contributed by atoms with Crippen LogP contribution in [-0.2, 0) is 0 Å². The lowest BCUT2D eigenvalue weighted by molar-refractivity contribution is -0.189. The Balaban J connectivity index is 2.31. The summed E-state index contributed by atoms with van der Waals surface area (Å²) in [6, 6.07) is 1.87. The van der Waals surface area contributed by atoms with Crippen molar-refractivity contribution in [2.75, 3.05) is 6.54 Å². The van der Waals surface area contributed by atoms with Gasteiger partial charge in [-0.3, -0.25) is 0 Å². The highest BCUT2D eigenvalue weighted by Gasteiger charge is 2.46. The van der Waals surface area contributed by atoms with E-state index in [1.807, 2.05) is 0 Å². The van der Waals surface area contributed by atoms with E-state index in [0.717, 1.165) is 12.1 Å². The topological polar surface area (TPSA) is 12.0 Å². The minimum atomic E-state index is -4.34. The number of rotatable bonds is 1. The fraction of sp³-hybridized carbons (Fsp3) is 0.500. The summed E-state index contributed by atoms with van der Waals surface area (Å²) in [6.07, 6.45) is -3.92. The zero-order valence-electron chi connectivity index (χ0n) is 9.40. The van der Waals surface area contributed by atoms with Crippen molar-refractivity contribution in [2.45, 2.75) is 25.1 Å². The maximum Gasteiger partial charge on any atom is 0.393 e. The van der Waals surface area contributed by atoms with Crippen LogP contribution in [0.5, 0.6) is 0 Å². The van der Waals surface area contributed by atoms with Crippen LogP contribution in [0.1, 0.15) is 24.4 Å². The molecule has 1 heterocycles. The Bertz CT molecular complexity index is 429. The number of piperidine rings is 1. The van der Waals surface area contributed by atoms with Crippen LogP contribution < -0.4 is 5.32 Å². The number of halogens is 5. The van der Waals surface area contributed by atoms with Gasteiger partial charge in [0, 0.05) is 6.04 Å². The summed E-state index contributed by atoms with van der Waals surface area (Å²) in [5, 5.41) is 2.73. The molecule has 0 bridgehead atoms. The lowest BCUT2D eigenvalue weighted by Gasteiger charge is -2.34. The van der Waals surface area contributed by atoms with Gasteiger partial charge < -0.3 is 5.32 Å². The molecular formula is C12H12F5N. The van der Waals surface area contributed by atoms with Gasteiger partial charge in [0.05, 0.1) is 5.92 Å². The van der Waals surface area contributed by atoms with Crippen molar-refractivity contribution in [1.29, 1.82) is 0 Å². The van der Waals surface area contributed by atoms with Crippen molar-refractivity contribution in [2.24, 2.45) is 5.92 Å². The Morgan fingerprint density at radius 3 is 2.44 bits per heavy atom. The molecule has 1 N–H and O–H groups in total. The minimum absolute atomic E-state index is 0.000161. The molecule has 6 heteroatoms. The first-order chi connectivity index (χ1) is 8.39. The molecule has 0 saturated carbocycles. The van der Waals surface area contributed by atoms with E-state index in [1.165, 1.54) is 6.07 Å². The van der Waals surface area contributed by atoms with Crippen molar-refractivity contribution < 1.29 is 22.0 Å². The van der Waals surface area contributed by atoms with Crippen molar-refractivity contribution in [1.82, 2.24) is 5.32 Å². The Morgan fingerprint density at radius 2 is 1.83 bits per heavy atom. The molecule has 2 unspecified atom stereocenters. The zero-order chi connectivity index (χ0) is 13.3. The van der Waals surface area contributed by atoms with Crippen molar-refractivity contribution in [3.05, 3.63) is 35.4 Å². The first-order valence-electron chi connectivity index (χ1n) is 5.64. The molecule has 1 nitrogen and oxygen atoms in total. The van der Waals surface area contributed by atoms with Crippen LogP contribution in [0.4, 0.5) is 22.0 Å². The Hall–Kier alpha value is -1.17. The third kappa shape index (κ3) is 2.63. The van der Waals surface area contributed by atoms with E-state index in [-0.39, 0.29) is 12.0 Å². The largest absolute Gasteiger partial charge is 0.393 e. The van der Waals surface area contributed by atoms with Gasteiger partial charge in [-0.1, -0.05) is 6.07 Å². The van der Waals surface area contributed by atoms with Crippen LogP contribution in [0, 0.1) is 17.6 Å². The fourth-order valence-corrected chi connectivity index (χ4v) is 2.30. The highest BCUT2D eigenvalue weighted by molar-refractivity contribution is 5.23. The van der Waals surface area contributed by atoms with Gasteiger partial charge in [-0.05, 0) is 37.1 Å². The molecule has 1 aromatic rings. The Morgan fingerprint density at radius 1 is 1.11 bits per heavy atom. The third-order valence-corrected chi connectivity index (χ3v) is 3.18. The van der Waals surface area contributed by atoms with Gasteiger partial charge in [-0.2, -0.15) is 13.2 Å². The molecule has 1 aromatic carbocycles. The first kappa shape index (κ1) is 13.3. The number of hydrogen-bond acceptors (Lipinski definition) is 1. The summed E-state index contributed by atoms with van der Waals surface area (Å²) in [7, 11) is 0. The summed E-state index contributed by atoms with van der Waals surface area (Å²) in [5.74, 6) is -3.74. The SMILES string of the molecule is Fc1ccc(C2NCCCC2C(F)(F)F)cc1F. The lowest BCUT2D eigenvalue weighted by Crippen LogP contribution is -2.41. The predicted octanol–water partition coefficient (Wildman–Crippen LogP) is 3.57. The molecule has 1 fully saturated rings. The maximum atomic E-state index is 13.1. The average molecular weight is 265 g/mol. The third-order valence-electron chi connectivity index (χ3n) is 3.18. The average Bonchev–Trinajstić information content (AvgIpc) is 2.32. The number of hydrogen-bond donors (Lipinski definition) is 1. The van der Waals surface area contributed by atoms with Gasteiger partial charge in [0.25, 0.3) is 0 Å². The molecule has 1 aliphatic heterocycles. The van der Waals surface area contributed by atoms with Gasteiger partial charge in [0.15, 0.2) is 11.6 Å². The zero-order valence-corrected chi connectivity index (χ0v) is 9.40. The lowest BCUT2D eigenvalue weighted by atomic mass is 9.86. The number of alkyl halides is 3. The summed E-state index contributed by atoms with van der Waals surface area (Å²) in [5.41, 5.74) is 0.135. The maximum absolute atomic E-state index is 13.1. The van der Waals surface area contributed by atoms with Gasteiger partial charge in [-0.15, -0.1) is 0 Å². The van der Waals surface area contributed by atoms with Crippen LogP contribution in [-0.4, -0.2) is 12.7 Å². The van der Waals surface area contributed by atoms with Gasteiger partial charge in [0.1, 0.15) is 0 Å². The number of nitrogens with one attached hydrogen (secondary N) is 1. The van der Waals surface area contributed by atoms with Crippen molar-refractivity contribution in [3.63, 3.8) is 0 Å². The predicted molar refractivity (Wildman–Crippen MR) is 55.9 cm³/mol. The summed E-state index contributed by atoms with van der Waals surface area (Å²) in [6.45, 7) is 0.441. The molecule has 18 heavy (non-hydrogen) atoms. The summed E-state index contributed by atoms with van der Waals surface area (Å²) < 4.78 is 64.4. The molecule has 100 valence electrons. The van der Waals surface area contributed by atoms with E-state index in [1.54, 1.807) is 0 Å². The van der Waals surface area contributed by atoms with Gasteiger partial charge >= 0.3 is 6.18 Å². The van der Waals surface area contributed by atoms with E-state index in [4.69, 9.17) is 0 Å². The van der Waals surface area contributed by atoms with Crippen LogP contribution in [0.25, 0.3) is 0 Å². The molecular weight excluding hydrogens is 253 g/mol. The molecule has 0 aliphatic carbocycles. The van der Waals surface area contributed by atoms with Crippen LogP contribution in [0.15, 0.2) is 18.2 Å². The number of benzene rings is 1. The van der Waals surface area contributed by atoms with E-state index in [0.29, 0.717) is 13.0 Å².